The van der Waals surface area contributed by atoms with E-state index in [0.717, 1.165) is 91.7 Å². The van der Waals surface area contributed by atoms with E-state index in [-0.39, 0.29) is 6.71 Å². The summed E-state index contributed by atoms with van der Waals surface area (Å²) in [5.41, 5.74) is 12.3. The molecular formula is C50H33BN2O2. The lowest BCUT2D eigenvalue weighted by atomic mass is 9.33. The van der Waals surface area contributed by atoms with Gasteiger partial charge >= 0.3 is 0 Å². The van der Waals surface area contributed by atoms with Crippen molar-refractivity contribution in [2.45, 2.75) is 12.8 Å². The Labute approximate surface area is 321 Å². The summed E-state index contributed by atoms with van der Waals surface area (Å²) < 4.78 is 14.0. The van der Waals surface area contributed by atoms with Gasteiger partial charge in [0, 0.05) is 56.7 Å². The van der Waals surface area contributed by atoms with Crippen molar-refractivity contribution in [1.82, 2.24) is 0 Å². The van der Waals surface area contributed by atoms with E-state index in [0.29, 0.717) is 0 Å². The van der Waals surface area contributed by atoms with E-state index >= 15 is 0 Å². The molecule has 5 heteroatoms. The Morgan fingerprint density at radius 3 is 1.62 bits per heavy atom. The first-order chi connectivity index (χ1) is 27.3. The SMILES string of the molecule is c1ccc2c(N(c3ccccc3)c3ccccc3)cc3c(c2c#1)B1c2c(cccc2O3)Oc2cc(N(c3ccccc3)c3ccccc3)c3c(c21)CCC=C3. The third-order valence-corrected chi connectivity index (χ3v) is 11.1. The molecule has 2 aliphatic heterocycles. The maximum Gasteiger partial charge on any atom is 0.262 e. The van der Waals surface area contributed by atoms with E-state index in [1.807, 2.05) is 12.1 Å². The van der Waals surface area contributed by atoms with Crippen molar-refractivity contribution in [1.29, 1.82) is 0 Å². The zero-order chi connectivity index (χ0) is 36.3. The number of ether oxygens (including phenoxy) is 2. The van der Waals surface area contributed by atoms with Gasteiger partial charge in [-0.05, 0) is 102 Å². The molecule has 11 rings (SSSR count). The summed E-state index contributed by atoms with van der Waals surface area (Å²) in [6.07, 6.45) is 6.47. The van der Waals surface area contributed by atoms with Crippen molar-refractivity contribution in [3.8, 4) is 23.0 Å². The third kappa shape index (κ3) is 5.03. The van der Waals surface area contributed by atoms with Crippen molar-refractivity contribution in [2.75, 3.05) is 9.80 Å². The predicted octanol–water partition coefficient (Wildman–Crippen LogP) is 11.1. The van der Waals surface area contributed by atoms with Crippen LogP contribution in [0.15, 0.2) is 170 Å². The van der Waals surface area contributed by atoms with Gasteiger partial charge in [-0.15, -0.1) is 0 Å². The zero-order valence-electron chi connectivity index (χ0n) is 29.9. The molecule has 2 heterocycles. The lowest BCUT2D eigenvalue weighted by Crippen LogP contribution is -2.59. The van der Waals surface area contributed by atoms with Crippen molar-refractivity contribution >= 4 is 74.1 Å². The van der Waals surface area contributed by atoms with Crippen LogP contribution in [0.4, 0.5) is 34.1 Å². The topological polar surface area (TPSA) is 24.9 Å². The highest BCUT2D eigenvalue weighted by Crippen LogP contribution is 2.47. The minimum Gasteiger partial charge on any atom is -0.458 e. The molecule has 0 fully saturated rings. The van der Waals surface area contributed by atoms with Gasteiger partial charge in [-0.1, -0.05) is 103 Å². The lowest BCUT2D eigenvalue weighted by molar-refractivity contribution is 0.464. The molecule has 55 heavy (non-hydrogen) atoms. The zero-order valence-corrected chi connectivity index (χ0v) is 29.9. The minimum atomic E-state index is -0.139. The normalized spacial score (nSPS) is 13.0. The Morgan fingerprint density at radius 1 is 0.509 bits per heavy atom. The molecule has 0 atom stereocenters. The fraction of sp³-hybridized carbons (Fsp3) is 0.0400. The fourth-order valence-corrected chi connectivity index (χ4v) is 8.79. The quantitative estimate of drug-likeness (QED) is 0.161. The lowest BCUT2D eigenvalue weighted by Gasteiger charge is -2.38. The summed E-state index contributed by atoms with van der Waals surface area (Å²) in [4.78, 5) is 4.67. The largest absolute Gasteiger partial charge is 0.458 e. The highest BCUT2D eigenvalue weighted by molar-refractivity contribution is 7.00. The van der Waals surface area contributed by atoms with Crippen molar-refractivity contribution in [3.05, 3.63) is 193 Å². The number of benzene rings is 7. The first-order valence-electron chi connectivity index (χ1n) is 18.9. The number of hydrogen-bond acceptors (Lipinski definition) is 4. The van der Waals surface area contributed by atoms with E-state index in [4.69, 9.17) is 9.47 Å². The predicted molar refractivity (Wildman–Crippen MR) is 226 cm³/mol. The molecule has 0 spiro atoms. The number of para-hydroxylation sites is 4. The number of anilines is 6. The van der Waals surface area contributed by atoms with Gasteiger partial charge < -0.3 is 19.3 Å². The van der Waals surface area contributed by atoms with Crippen LogP contribution in [0.25, 0.3) is 16.8 Å². The van der Waals surface area contributed by atoms with E-state index < -0.39 is 0 Å². The van der Waals surface area contributed by atoms with Crippen LogP contribution in [-0.4, -0.2) is 6.71 Å². The molecule has 0 amide bonds. The molecule has 8 aromatic carbocycles. The van der Waals surface area contributed by atoms with E-state index in [9.17, 15) is 0 Å². The number of hydrogen-bond donors (Lipinski definition) is 0. The molecule has 1 aliphatic carbocycles. The van der Waals surface area contributed by atoms with E-state index in [2.05, 4.69) is 186 Å². The number of nitrogens with zero attached hydrogens (tertiary/aromatic N) is 2. The molecule has 0 N–H and O–H groups in total. The second kappa shape index (κ2) is 12.8. The molecule has 0 radical (unpaired) electrons. The van der Waals surface area contributed by atoms with Crippen LogP contribution in [0.1, 0.15) is 17.5 Å². The van der Waals surface area contributed by atoms with Gasteiger partial charge in [0.25, 0.3) is 6.71 Å². The van der Waals surface area contributed by atoms with Gasteiger partial charge in [-0.2, -0.15) is 0 Å². The summed E-state index contributed by atoms with van der Waals surface area (Å²) in [5.74, 6) is 3.32. The van der Waals surface area contributed by atoms with E-state index in [1.165, 1.54) is 16.6 Å². The Morgan fingerprint density at radius 2 is 1.04 bits per heavy atom. The first kappa shape index (κ1) is 31.4. The third-order valence-electron chi connectivity index (χ3n) is 11.1. The van der Waals surface area contributed by atoms with Crippen LogP contribution in [-0.2, 0) is 6.42 Å². The van der Waals surface area contributed by atoms with Crippen LogP contribution < -0.4 is 35.7 Å². The Balaban J connectivity index is 1.18. The minimum absolute atomic E-state index is 0.139. The number of fused-ring (bicyclic) bond motifs is 8. The van der Waals surface area contributed by atoms with Gasteiger partial charge in [0.05, 0.1) is 11.4 Å². The van der Waals surface area contributed by atoms with Crippen LogP contribution in [0.5, 0.6) is 23.0 Å². The molecule has 0 saturated heterocycles. The van der Waals surface area contributed by atoms with Crippen LogP contribution >= 0.6 is 0 Å². The molecule has 8 aromatic rings. The summed E-state index contributed by atoms with van der Waals surface area (Å²) in [5, 5.41) is 2.07. The first-order valence-corrected chi connectivity index (χ1v) is 18.9. The molecule has 4 nitrogen and oxygen atoms in total. The van der Waals surface area contributed by atoms with E-state index in [1.54, 1.807) is 0 Å². The molecule has 0 saturated carbocycles. The fourth-order valence-electron chi connectivity index (χ4n) is 8.79. The van der Waals surface area contributed by atoms with Gasteiger partial charge in [-0.3, -0.25) is 0 Å². The standard InChI is InChI=1S/C50H33BN2O2/c1-5-18-34(19-6-1)52(35-20-7-2-8-21-35)42-32-46-48(40-28-15-13-26-38(40)42)51-49-41-29-16-14-27-39(41)43(33-47(49)55-45-31-17-30-44(54-46)50(45)51)53(36-22-9-3-10-23-36)37-24-11-4-12-25-37/h1-14,17-27,30-33H,15,28H2. The van der Waals surface area contributed by atoms with Crippen molar-refractivity contribution in [3.63, 3.8) is 0 Å². The summed E-state index contributed by atoms with van der Waals surface area (Å²) in [6, 6.07) is 64.0. The smallest absolute Gasteiger partial charge is 0.262 e. The second-order valence-electron chi connectivity index (χ2n) is 14.2. The van der Waals surface area contributed by atoms with Crippen LogP contribution in [0.2, 0.25) is 0 Å². The molecule has 258 valence electrons. The van der Waals surface area contributed by atoms with Gasteiger partial charge in [0.1, 0.15) is 23.0 Å². The Hall–Kier alpha value is -7.16. The van der Waals surface area contributed by atoms with Gasteiger partial charge in [0.2, 0.25) is 0 Å². The Kier molecular flexibility index (Phi) is 7.28. The van der Waals surface area contributed by atoms with Gasteiger partial charge in [-0.25, -0.2) is 0 Å². The van der Waals surface area contributed by atoms with Crippen molar-refractivity contribution < 1.29 is 9.47 Å². The van der Waals surface area contributed by atoms with Crippen LogP contribution in [0.3, 0.4) is 0 Å². The maximum atomic E-state index is 7.00. The average Bonchev–Trinajstić information content (AvgIpc) is 3.25. The summed E-state index contributed by atoms with van der Waals surface area (Å²) in [7, 11) is 0. The molecular weight excluding hydrogens is 671 g/mol. The maximum absolute atomic E-state index is 7.00. The van der Waals surface area contributed by atoms with Crippen LogP contribution in [0, 0.1) is 12.1 Å². The monoisotopic (exact) mass is 704 g/mol. The highest BCUT2D eigenvalue weighted by Gasteiger charge is 2.44. The average molecular weight is 705 g/mol. The molecule has 0 bridgehead atoms. The van der Waals surface area contributed by atoms with Crippen molar-refractivity contribution in [2.24, 2.45) is 0 Å². The molecule has 3 aliphatic rings. The number of rotatable bonds is 6. The molecule has 0 unspecified atom stereocenters. The summed E-state index contributed by atoms with van der Waals surface area (Å²) in [6.45, 7) is -0.139. The Bertz CT molecular complexity index is 2680. The molecule has 0 aromatic heterocycles. The number of allylic oxidation sites excluding steroid dienone is 1. The van der Waals surface area contributed by atoms with Gasteiger partial charge in [0.15, 0.2) is 0 Å². The highest BCUT2D eigenvalue weighted by atomic mass is 16.5. The second-order valence-corrected chi connectivity index (χ2v) is 14.2. The summed E-state index contributed by atoms with van der Waals surface area (Å²) >= 11 is 0.